The summed E-state index contributed by atoms with van der Waals surface area (Å²) in [6.45, 7) is 5.58. The second kappa shape index (κ2) is 8.69. The van der Waals surface area contributed by atoms with Crippen LogP contribution in [-0.2, 0) is 16.0 Å². The molecule has 1 saturated carbocycles. The van der Waals surface area contributed by atoms with Crippen LogP contribution in [0.2, 0.25) is 0 Å². The van der Waals surface area contributed by atoms with Gasteiger partial charge < -0.3 is 19.7 Å². The average Bonchev–Trinajstić information content (AvgIpc) is 3.24. The van der Waals surface area contributed by atoms with Crippen molar-refractivity contribution in [3.8, 4) is 17.2 Å². The molecule has 8 nitrogen and oxygen atoms in total. The van der Waals surface area contributed by atoms with Crippen LogP contribution < -0.4 is 14.8 Å². The number of ether oxygens (including phenoxy) is 2. The van der Waals surface area contributed by atoms with Gasteiger partial charge in [-0.25, -0.2) is 4.68 Å². The number of nitrogens with zero attached hydrogens (tertiary/aromatic N) is 3. The second-order valence-electron chi connectivity index (χ2n) is 10.1. The summed E-state index contributed by atoms with van der Waals surface area (Å²) in [5, 5.41) is 7.72. The van der Waals surface area contributed by atoms with E-state index < -0.39 is 0 Å². The first-order chi connectivity index (χ1) is 17.4. The number of benzene rings is 2. The fourth-order valence-corrected chi connectivity index (χ4v) is 5.69. The molecule has 1 N–H and O–H groups in total. The van der Waals surface area contributed by atoms with Gasteiger partial charge in [0.25, 0.3) is 0 Å². The summed E-state index contributed by atoms with van der Waals surface area (Å²) in [4.78, 5) is 28.1. The van der Waals surface area contributed by atoms with E-state index in [2.05, 4.69) is 10.4 Å². The Balaban J connectivity index is 1.05. The highest BCUT2D eigenvalue weighted by atomic mass is 16.7. The highest BCUT2D eigenvalue weighted by Gasteiger charge is 2.58. The lowest BCUT2D eigenvalue weighted by Gasteiger charge is -2.33. The normalized spacial score (nSPS) is 19.4. The van der Waals surface area contributed by atoms with E-state index in [9.17, 15) is 9.59 Å². The van der Waals surface area contributed by atoms with E-state index in [1.807, 2.05) is 65.9 Å². The Kier molecular flexibility index (Phi) is 5.47. The van der Waals surface area contributed by atoms with Crippen molar-refractivity contribution in [2.45, 2.75) is 39.5 Å². The Bertz CT molecular complexity index is 1320. The van der Waals surface area contributed by atoms with Crippen LogP contribution >= 0.6 is 0 Å². The zero-order chi connectivity index (χ0) is 24.9. The fourth-order valence-electron chi connectivity index (χ4n) is 5.69. The Morgan fingerprint density at radius 1 is 1.06 bits per heavy atom. The van der Waals surface area contributed by atoms with Gasteiger partial charge in [0.05, 0.1) is 17.8 Å². The molecule has 1 unspecified atom stereocenters. The van der Waals surface area contributed by atoms with E-state index in [-0.39, 0.29) is 29.9 Å². The molecule has 1 aromatic heterocycles. The van der Waals surface area contributed by atoms with Crippen LogP contribution in [-0.4, -0.2) is 46.4 Å². The minimum atomic E-state index is -0.00577. The quantitative estimate of drug-likeness (QED) is 0.589. The minimum absolute atomic E-state index is 0.00577. The van der Waals surface area contributed by atoms with Crippen LogP contribution in [0.1, 0.15) is 36.2 Å². The number of likely N-dealkylation sites (tertiary alicyclic amines) is 1. The average molecular weight is 487 g/mol. The molecule has 2 aliphatic heterocycles. The Labute approximate surface area is 210 Å². The number of anilines is 1. The SMILES string of the molecule is Cc1nn(-c2ccccc2)c(C)c1CC(=O)N1CCC2(CC1)CC2C(=O)Nc1ccc2c(c1)OCO2. The minimum Gasteiger partial charge on any atom is -0.454 e. The van der Waals surface area contributed by atoms with Crippen LogP contribution in [0.3, 0.4) is 0 Å². The van der Waals surface area contributed by atoms with Gasteiger partial charge in [0.2, 0.25) is 18.6 Å². The highest BCUT2D eigenvalue weighted by Crippen LogP contribution is 2.59. The molecule has 1 aliphatic carbocycles. The summed E-state index contributed by atoms with van der Waals surface area (Å²) >= 11 is 0. The lowest BCUT2D eigenvalue weighted by Crippen LogP contribution is -2.41. The molecule has 8 heteroatoms. The van der Waals surface area contributed by atoms with E-state index in [0.717, 1.165) is 47.6 Å². The van der Waals surface area contributed by atoms with Crippen molar-refractivity contribution < 1.29 is 19.1 Å². The number of carbonyl (C=O) groups excluding carboxylic acids is 2. The highest BCUT2D eigenvalue weighted by molar-refractivity contribution is 5.95. The number of fused-ring (bicyclic) bond motifs is 1. The van der Waals surface area contributed by atoms with Crippen molar-refractivity contribution in [3.05, 3.63) is 65.5 Å². The van der Waals surface area contributed by atoms with Gasteiger partial charge in [-0.3, -0.25) is 9.59 Å². The fraction of sp³-hybridized carbons (Fsp3) is 0.393. The molecule has 1 saturated heterocycles. The molecule has 1 atom stereocenters. The molecule has 2 aromatic carbocycles. The largest absolute Gasteiger partial charge is 0.454 e. The van der Waals surface area contributed by atoms with Crippen molar-refractivity contribution in [3.63, 3.8) is 0 Å². The maximum atomic E-state index is 13.2. The predicted octanol–water partition coefficient (Wildman–Crippen LogP) is 4.03. The Morgan fingerprint density at radius 3 is 2.58 bits per heavy atom. The molecule has 1 spiro atoms. The first-order valence-electron chi connectivity index (χ1n) is 12.5. The van der Waals surface area contributed by atoms with Crippen molar-refractivity contribution in [1.82, 2.24) is 14.7 Å². The molecular formula is C28H30N4O4. The van der Waals surface area contributed by atoms with Crippen LogP contribution in [0, 0.1) is 25.2 Å². The van der Waals surface area contributed by atoms with Crippen molar-refractivity contribution in [2.24, 2.45) is 11.3 Å². The summed E-state index contributed by atoms with van der Waals surface area (Å²) < 4.78 is 12.7. The third-order valence-corrected chi connectivity index (χ3v) is 8.03. The Hall–Kier alpha value is -3.81. The van der Waals surface area contributed by atoms with Gasteiger partial charge in [-0.05, 0) is 62.8 Å². The molecule has 3 aromatic rings. The molecule has 6 rings (SSSR count). The van der Waals surface area contributed by atoms with E-state index in [1.54, 1.807) is 6.07 Å². The van der Waals surface area contributed by atoms with Gasteiger partial charge in [-0.2, -0.15) is 5.10 Å². The first-order valence-corrected chi connectivity index (χ1v) is 12.5. The number of hydrogen-bond donors (Lipinski definition) is 1. The van der Waals surface area contributed by atoms with Crippen LogP contribution in [0.15, 0.2) is 48.5 Å². The summed E-state index contributed by atoms with van der Waals surface area (Å²) in [6, 6.07) is 15.5. The molecular weight excluding hydrogens is 456 g/mol. The van der Waals surface area contributed by atoms with Gasteiger partial charge >= 0.3 is 0 Å². The molecule has 0 radical (unpaired) electrons. The van der Waals surface area contributed by atoms with Crippen LogP contribution in [0.25, 0.3) is 5.69 Å². The van der Waals surface area contributed by atoms with Gasteiger partial charge in [0.1, 0.15) is 0 Å². The van der Waals surface area contributed by atoms with E-state index >= 15 is 0 Å². The van der Waals surface area contributed by atoms with Crippen LogP contribution in [0.4, 0.5) is 5.69 Å². The second-order valence-corrected chi connectivity index (χ2v) is 10.1. The van der Waals surface area contributed by atoms with Gasteiger partial charge in [0.15, 0.2) is 11.5 Å². The number of hydrogen-bond acceptors (Lipinski definition) is 5. The number of rotatable bonds is 5. The zero-order valence-electron chi connectivity index (χ0n) is 20.6. The topological polar surface area (TPSA) is 85.7 Å². The summed E-state index contributed by atoms with van der Waals surface area (Å²) in [7, 11) is 0. The van der Waals surface area contributed by atoms with E-state index in [1.165, 1.54) is 0 Å². The number of carbonyl (C=O) groups is 2. The third kappa shape index (κ3) is 4.00. The van der Waals surface area contributed by atoms with Gasteiger partial charge in [-0.15, -0.1) is 0 Å². The standard InChI is InChI=1S/C28H30N4O4/c1-18-22(19(2)32(30-18)21-6-4-3-5-7-21)15-26(33)31-12-10-28(11-13-31)16-23(28)27(34)29-20-8-9-24-25(14-20)36-17-35-24/h3-9,14,23H,10-13,15-17H2,1-2H3,(H,29,34). The number of piperidine rings is 1. The number of para-hydroxylation sites is 1. The number of aromatic nitrogens is 2. The number of nitrogens with one attached hydrogen (secondary N) is 1. The van der Waals surface area contributed by atoms with Gasteiger partial charge in [0, 0.05) is 42.0 Å². The first kappa shape index (κ1) is 22.6. The Morgan fingerprint density at radius 2 is 1.81 bits per heavy atom. The maximum absolute atomic E-state index is 13.2. The maximum Gasteiger partial charge on any atom is 0.231 e. The summed E-state index contributed by atoms with van der Waals surface area (Å²) in [6.07, 6.45) is 2.96. The van der Waals surface area contributed by atoms with E-state index in [4.69, 9.17) is 9.47 Å². The molecule has 0 bridgehead atoms. The molecule has 186 valence electrons. The van der Waals surface area contributed by atoms with Crippen molar-refractivity contribution in [1.29, 1.82) is 0 Å². The summed E-state index contributed by atoms with van der Waals surface area (Å²) in [5.74, 6) is 1.53. The molecule has 2 amide bonds. The number of aryl methyl sites for hydroxylation is 1. The predicted molar refractivity (Wildman–Crippen MR) is 134 cm³/mol. The van der Waals surface area contributed by atoms with Crippen LogP contribution in [0.5, 0.6) is 11.5 Å². The van der Waals surface area contributed by atoms with Crippen molar-refractivity contribution in [2.75, 3.05) is 25.2 Å². The smallest absolute Gasteiger partial charge is 0.231 e. The monoisotopic (exact) mass is 486 g/mol. The lowest BCUT2D eigenvalue weighted by molar-refractivity contribution is -0.132. The van der Waals surface area contributed by atoms with Crippen molar-refractivity contribution >= 4 is 17.5 Å². The number of amides is 2. The molecule has 3 aliphatic rings. The zero-order valence-corrected chi connectivity index (χ0v) is 20.6. The third-order valence-electron chi connectivity index (χ3n) is 8.03. The summed E-state index contributed by atoms with van der Waals surface area (Å²) in [5.41, 5.74) is 4.62. The lowest BCUT2D eigenvalue weighted by atomic mass is 9.90. The molecule has 3 heterocycles. The van der Waals surface area contributed by atoms with Gasteiger partial charge in [-0.1, -0.05) is 18.2 Å². The van der Waals surface area contributed by atoms with E-state index in [0.29, 0.717) is 31.0 Å². The molecule has 36 heavy (non-hydrogen) atoms. The molecule has 2 fully saturated rings.